The second-order valence-electron chi connectivity index (χ2n) is 3.27. The van der Waals surface area contributed by atoms with Crippen LogP contribution in [0.1, 0.15) is 5.56 Å². The standard InChI is InChI=1S/C11H13N3/c12-9-3-1-8(2-4-9)10-7-14-6-5-11(10)13/h1-6,14H,7,12-13H2. The number of benzene rings is 1. The average Bonchev–Trinajstić information content (AvgIpc) is 2.20. The molecule has 0 spiro atoms. The molecule has 0 bridgehead atoms. The molecular formula is C11H13N3. The highest BCUT2D eigenvalue weighted by molar-refractivity contribution is 5.73. The van der Waals surface area contributed by atoms with Gasteiger partial charge < -0.3 is 16.8 Å². The van der Waals surface area contributed by atoms with Crippen molar-refractivity contribution in [2.75, 3.05) is 12.3 Å². The lowest BCUT2D eigenvalue weighted by Gasteiger charge is -2.14. The largest absolute Gasteiger partial charge is 0.399 e. The van der Waals surface area contributed by atoms with Crippen LogP contribution in [0.5, 0.6) is 0 Å². The molecule has 1 heterocycles. The summed E-state index contributed by atoms with van der Waals surface area (Å²) in [7, 11) is 0. The summed E-state index contributed by atoms with van der Waals surface area (Å²) in [6.07, 6.45) is 3.73. The van der Waals surface area contributed by atoms with Crippen LogP contribution in [0, 0.1) is 0 Å². The fraction of sp³-hybridized carbons (Fsp3) is 0.0909. The lowest BCUT2D eigenvalue weighted by molar-refractivity contribution is 0.970. The first-order chi connectivity index (χ1) is 6.77. The third-order valence-corrected chi connectivity index (χ3v) is 2.27. The summed E-state index contributed by atoms with van der Waals surface area (Å²) in [5.74, 6) is 0. The second kappa shape index (κ2) is 3.46. The van der Waals surface area contributed by atoms with Gasteiger partial charge in [-0.3, -0.25) is 0 Å². The molecule has 0 saturated carbocycles. The third-order valence-electron chi connectivity index (χ3n) is 2.27. The van der Waals surface area contributed by atoms with Crippen molar-refractivity contribution in [2.45, 2.75) is 0 Å². The van der Waals surface area contributed by atoms with E-state index in [-0.39, 0.29) is 0 Å². The minimum Gasteiger partial charge on any atom is -0.399 e. The van der Waals surface area contributed by atoms with Gasteiger partial charge in [-0.15, -0.1) is 0 Å². The van der Waals surface area contributed by atoms with Crippen LogP contribution in [-0.2, 0) is 0 Å². The van der Waals surface area contributed by atoms with Gasteiger partial charge in [-0.05, 0) is 30.0 Å². The number of nitrogens with two attached hydrogens (primary N) is 2. The van der Waals surface area contributed by atoms with Gasteiger partial charge in [0.25, 0.3) is 0 Å². The number of hydrogen-bond donors (Lipinski definition) is 3. The molecule has 0 amide bonds. The van der Waals surface area contributed by atoms with Gasteiger partial charge in [0.05, 0.1) is 0 Å². The lowest BCUT2D eigenvalue weighted by Crippen LogP contribution is -2.17. The van der Waals surface area contributed by atoms with E-state index in [1.54, 1.807) is 0 Å². The van der Waals surface area contributed by atoms with E-state index in [9.17, 15) is 0 Å². The minimum atomic E-state index is 0.770. The van der Waals surface area contributed by atoms with E-state index < -0.39 is 0 Å². The highest BCUT2D eigenvalue weighted by Gasteiger charge is 2.07. The number of allylic oxidation sites excluding steroid dienone is 1. The van der Waals surface area contributed by atoms with E-state index in [2.05, 4.69) is 5.32 Å². The van der Waals surface area contributed by atoms with Crippen LogP contribution >= 0.6 is 0 Å². The molecule has 0 fully saturated rings. The van der Waals surface area contributed by atoms with E-state index in [1.807, 2.05) is 36.5 Å². The Morgan fingerprint density at radius 1 is 1.07 bits per heavy atom. The van der Waals surface area contributed by atoms with Crippen molar-refractivity contribution in [1.82, 2.24) is 5.32 Å². The summed E-state index contributed by atoms with van der Waals surface area (Å²) in [6.45, 7) is 0.770. The summed E-state index contributed by atoms with van der Waals surface area (Å²) in [5.41, 5.74) is 15.3. The molecule has 1 aromatic rings. The van der Waals surface area contributed by atoms with Crippen molar-refractivity contribution in [3.05, 3.63) is 47.8 Å². The van der Waals surface area contributed by atoms with Gasteiger partial charge in [0.2, 0.25) is 0 Å². The molecule has 2 rings (SSSR count). The van der Waals surface area contributed by atoms with Gasteiger partial charge in [-0.25, -0.2) is 0 Å². The first-order valence-corrected chi connectivity index (χ1v) is 4.52. The van der Waals surface area contributed by atoms with Crippen molar-refractivity contribution in [2.24, 2.45) is 5.73 Å². The van der Waals surface area contributed by atoms with Crippen molar-refractivity contribution in [3.63, 3.8) is 0 Å². The van der Waals surface area contributed by atoms with E-state index in [0.717, 1.165) is 29.1 Å². The van der Waals surface area contributed by atoms with Gasteiger partial charge in [0.15, 0.2) is 0 Å². The number of anilines is 1. The van der Waals surface area contributed by atoms with E-state index in [1.165, 1.54) is 0 Å². The number of rotatable bonds is 1. The maximum atomic E-state index is 5.87. The van der Waals surface area contributed by atoms with Crippen LogP contribution < -0.4 is 16.8 Å². The Balaban J connectivity index is 2.39. The Labute approximate surface area is 83.1 Å². The predicted molar refractivity (Wildman–Crippen MR) is 59.1 cm³/mol. The van der Waals surface area contributed by atoms with E-state index in [0.29, 0.717) is 0 Å². The molecule has 0 unspecified atom stereocenters. The quantitative estimate of drug-likeness (QED) is 0.576. The maximum Gasteiger partial charge on any atom is 0.0421 e. The van der Waals surface area contributed by atoms with Crippen LogP contribution in [0.4, 0.5) is 5.69 Å². The molecule has 3 heteroatoms. The zero-order valence-electron chi connectivity index (χ0n) is 7.83. The SMILES string of the molecule is NC1=C(c2ccc(N)cc2)CNC=C1. The molecule has 0 aromatic heterocycles. The van der Waals surface area contributed by atoms with Gasteiger partial charge in [-0.1, -0.05) is 12.1 Å². The number of nitrogens with one attached hydrogen (secondary N) is 1. The van der Waals surface area contributed by atoms with Crippen molar-refractivity contribution < 1.29 is 0 Å². The Morgan fingerprint density at radius 3 is 2.43 bits per heavy atom. The zero-order chi connectivity index (χ0) is 9.97. The summed E-state index contributed by atoms with van der Waals surface area (Å²) >= 11 is 0. The summed E-state index contributed by atoms with van der Waals surface area (Å²) < 4.78 is 0. The number of dihydropyridines is 1. The van der Waals surface area contributed by atoms with Crippen LogP contribution in [0.2, 0.25) is 0 Å². The molecule has 1 aliphatic rings. The van der Waals surface area contributed by atoms with Gasteiger partial charge >= 0.3 is 0 Å². The van der Waals surface area contributed by atoms with Gasteiger partial charge in [0, 0.05) is 23.5 Å². The monoisotopic (exact) mass is 187 g/mol. The Bertz CT molecular complexity index is 387. The Hall–Kier alpha value is -1.90. The number of nitrogen functional groups attached to an aromatic ring is 1. The molecular weight excluding hydrogens is 174 g/mol. The van der Waals surface area contributed by atoms with Crippen molar-refractivity contribution in [3.8, 4) is 0 Å². The lowest BCUT2D eigenvalue weighted by atomic mass is 10.0. The highest BCUT2D eigenvalue weighted by atomic mass is 14.8. The van der Waals surface area contributed by atoms with Crippen LogP contribution in [-0.4, -0.2) is 6.54 Å². The van der Waals surface area contributed by atoms with Gasteiger partial charge in [0.1, 0.15) is 0 Å². The minimum absolute atomic E-state index is 0.770. The van der Waals surface area contributed by atoms with Crippen LogP contribution in [0.25, 0.3) is 5.57 Å². The molecule has 72 valence electrons. The molecule has 0 aliphatic carbocycles. The Morgan fingerprint density at radius 2 is 1.79 bits per heavy atom. The fourth-order valence-electron chi connectivity index (χ4n) is 1.47. The van der Waals surface area contributed by atoms with E-state index in [4.69, 9.17) is 11.5 Å². The Kier molecular flexibility index (Phi) is 2.14. The molecule has 14 heavy (non-hydrogen) atoms. The molecule has 0 saturated heterocycles. The summed E-state index contributed by atoms with van der Waals surface area (Å²) in [6, 6.07) is 7.73. The molecule has 1 aliphatic heterocycles. The molecule has 1 aromatic carbocycles. The normalized spacial score (nSPS) is 15.4. The third kappa shape index (κ3) is 1.57. The number of hydrogen-bond acceptors (Lipinski definition) is 3. The molecule has 0 radical (unpaired) electrons. The van der Waals surface area contributed by atoms with Gasteiger partial charge in [-0.2, -0.15) is 0 Å². The summed E-state index contributed by atoms with van der Waals surface area (Å²) in [4.78, 5) is 0. The zero-order valence-corrected chi connectivity index (χ0v) is 7.83. The van der Waals surface area contributed by atoms with Crippen LogP contribution in [0.3, 0.4) is 0 Å². The predicted octanol–water partition coefficient (Wildman–Crippen LogP) is 1.06. The molecule has 0 atom stereocenters. The van der Waals surface area contributed by atoms with E-state index >= 15 is 0 Å². The first kappa shape index (κ1) is 8.69. The van der Waals surface area contributed by atoms with Crippen LogP contribution in [0.15, 0.2) is 42.2 Å². The maximum absolute atomic E-state index is 5.87. The fourth-order valence-corrected chi connectivity index (χ4v) is 1.47. The molecule has 3 nitrogen and oxygen atoms in total. The first-order valence-electron chi connectivity index (χ1n) is 4.52. The second-order valence-corrected chi connectivity index (χ2v) is 3.27. The smallest absolute Gasteiger partial charge is 0.0421 e. The van der Waals surface area contributed by atoms with Crippen molar-refractivity contribution in [1.29, 1.82) is 0 Å². The average molecular weight is 187 g/mol. The highest BCUT2D eigenvalue weighted by Crippen LogP contribution is 2.19. The van der Waals surface area contributed by atoms with Crippen molar-refractivity contribution >= 4 is 11.3 Å². The topological polar surface area (TPSA) is 64.1 Å². The summed E-state index contributed by atoms with van der Waals surface area (Å²) in [5, 5.41) is 3.13. The molecule has 5 N–H and O–H groups in total.